The first-order valence-electron chi connectivity index (χ1n) is 13.1. The van der Waals surface area contributed by atoms with Gasteiger partial charge in [-0.05, 0) is 48.0 Å². The Morgan fingerprint density at radius 3 is 2.32 bits per heavy atom. The van der Waals surface area contributed by atoms with Gasteiger partial charge in [0.2, 0.25) is 0 Å². The lowest BCUT2D eigenvalue weighted by Gasteiger charge is -2.44. The minimum absolute atomic E-state index is 0.00658. The predicted octanol–water partition coefficient (Wildman–Crippen LogP) is 5.27. The van der Waals surface area contributed by atoms with Crippen molar-refractivity contribution >= 4 is 5.69 Å². The molecule has 1 saturated heterocycles. The summed E-state index contributed by atoms with van der Waals surface area (Å²) in [6, 6.07) is 32.2. The Kier molecular flexibility index (Phi) is 8.46. The molecule has 0 bridgehead atoms. The van der Waals surface area contributed by atoms with E-state index < -0.39 is 6.29 Å². The fourth-order valence-electron chi connectivity index (χ4n) is 5.12. The Bertz CT molecular complexity index is 1280. The first kappa shape index (κ1) is 26.1. The van der Waals surface area contributed by atoms with Crippen molar-refractivity contribution in [3.05, 3.63) is 131 Å². The number of hydrogen-bond donors (Lipinski definition) is 2. The first-order valence-corrected chi connectivity index (χ1v) is 13.1. The Morgan fingerprint density at radius 1 is 0.842 bits per heavy atom. The molecule has 2 heterocycles. The lowest BCUT2D eigenvalue weighted by atomic mass is 9.83. The van der Waals surface area contributed by atoms with Gasteiger partial charge in [-0.2, -0.15) is 0 Å². The fraction of sp³-hybridized carbons (Fsp3) is 0.281. The van der Waals surface area contributed by atoms with Gasteiger partial charge in [-0.3, -0.25) is 4.98 Å². The van der Waals surface area contributed by atoms with Crippen LogP contribution in [0.5, 0.6) is 0 Å². The highest BCUT2D eigenvalue weighted by Gasteiger charge is 2.42. The molecular formula is C32H35N3O3. The van der Waals surface area contributed by atoms with Crippen LogP contribution in [0.15, 0.2) is 103 Å². The molecule has 4 atom stereocenters. The van der Waals surface area contributed by atoms with Crippen molar-refractivity contribution in [3.63, 3.8) is 0 Å². The van der Waals surface area contributed by atoms with Crippen LogP contribution in [0, 0.1) is 0 Å². The largest absolute Gasteiger partial charge is 0.399 e. The lowest BCUT2D eigenvalue weighted by molar-refractivity contribution is -0.263. The van der Waals surface area contributed by atoms with Crippen LogP contribution in [0.4, 0.5) is 5.69 Å². The molecule has 0 amide bonds. The molecule has 4 aromatic rings. The van der Waals surface area contributed by atoms with Crippen LogP contribution in [0.1, 0.15) is 46.3 Å². The molecule has 6 nitrogen and oxygen atoms in total. The third-order valence-corrected chi connectivity index (χ3v) is 7.12. The average molecular weight is 510 g/mol. The van der Waals surface area contributed by atoms with E-state index in [1.807, 2.05) is 60.8 Å². The Labute approximate surface area is 224 Å². The minimum atomic E-state index is -0.560. The van der Waals surface area contributed by atoms with E-state index in [0.29, 0.717) is 5.69 Å². The summed E-state index contributed by atoms with van der Waals surface area (Å²) in [4.78, 5) is 6.79. The molecule has 0 saturated carbocycles. The number of nitrogens with two attached hydrogens (primary N) is 1. The summed E-state index contributed by atoms with van der Waals surface area (Å²) in [6.07, 6.45) is 1.75. The van der Waals surface area contributed by atoms with Gasteiger partial charge >= 0.3 is 0 Å². The monoisotopic (exact) mass is 509 g/mol. The third-order valence-electron chi connectivity index (χ3n) is 7.12. The summed E-state index contributed by atoms with van der Waals surface area (Å²) in [5, 5.41) is 9.59. The number of aliphatic hydroxyl groups excluding tert-OH is 1. The SMILES string of the molecule is CN(CCc1ccccn1)C[C@H]1OC(c2cccc(N)c2)O[C@@H](c2ccc(CO)cc2)[C@@H]1c1ccccc1. The number of aliphatic hydroxyl groups is 1. The lowest BCUT2D eigenvalue weighted by Crippen LogP contribution is -2.43. The smallest absolute Gasteiger partial charge is 0.185 e. The van der Waals surface area contributed by atoms with E-state index in [-0.39, 0.29) is 24.7 Å². The maximum atomic E-state index is 9.59. The average Bonchev–Trinajstić information content (AvgIpc) is 2.97. The van der Waals surface area contributed by atoms with Gasteiger partial charge in [0.1, 0.15) is 0 Å². The summed E-state index contributed by atoms with van der Waals surface area (Å²) in [5.41, 5.74) is 11.9. The number of rotatable bonds is 9. The maximum Gasteiger partial charge on any atom is 0.185 e. The van der Waals surface area contributed by atoms with Crippen LogP contribution in [-0.2, 0) is 22.5 Å². The standard InChI is InChI=1S/C32H35N3O3/c1-35(19-17-28-12-5-6-18-34-28)21-29-30(24-8-3-2-4-9-24)31(25-15-13-23(22-36)14-16-25)38-32(37-29)26-10-7-11-27(33)20-26/h2-16,18,20,29-32,36H,17,19,21-22,33H2,1H3/t29-,30-,31+,32?/m1/s1. The van der Waals surface area contributed by atoms with Crippen molar-refractivity contribution < 1.29 is 14.6 Å². The molecule has 196 valence electrons. The number of likely N-dealkylation sites (N-methyl/N-ethyl adjacent to an activating group) is 1. The van der Waals surface area contributed by atoms with Crippen LogP contribution >= 0.6 is 0 Å². The number of anilines is 1. The molecule has 0 spiro atoms. The molecule has 1 aliphatic heterocycles. The van der Waals surface area contributed by atoms with Gasteiger partial charge < -0.3 is 25.2 Å². The second-order valence-electron chi connectivity index (χ2n) is 9.90. The van der Waals surface area contributed by atoms with Gasteiger partial charge in [-0.1, -0.05) is 72.8 Å². The summed E-state index contributed by atoms with van der Waals surface area (Å²) in [7, 11) is 2.13. The van der Waals surface area contributed by atoms with E-state index in [1.54, 1.807) is 0 Å². The number of pyridine rings is 1. The van der Waals surface area contributed by atoms with Crippen LogP contribution in [0.25, 0.3) is 0 Å². The molecule has 1 aliphatic rings. The predicted molar refractivity (Wildman–Crippen MR) is 149 cm³/mol. The quantitative estimate of drug-likeness (QED) is 0.299. The minimum Gasteiger partial charge on any atom is -0.399 e. The number of benzene rings is 3. The van der Waals surface area contributed by atoms with E-state index in [2.05, 4.69) is 59.4 Å². The Morgan fingerprint density at radius 2 is 1.61 bits per heavy atom. The van der Waals surface area contributed by atoms with Crippen LogP contribution in [-0.4, -0.2) is 41.2 Å². The molecule has 1 fully saturated rings. The van der Waals surface area contributed by atoms with E-state index >= 15 is 0 Å². The summed E-state index contributed by atoms with van der Waals surface area (Å²) in [6.45, 7) is 1.59. The van der Waals surface area contributed by atoms with Crippen LogP contribution < -0.4 is 5.73 Å². The van der Waals surface area contributed by atoms with Crippen LogP contribution in [0.2, 0.25) is 0 Å². The zero-order valence-corrected chi connectivity index (χ0v) is 21.7. The third kappa shape index (κ3) is 6.29. The van der Waals surface area contributed by atoms with Crippen LogP contribution in [0.3, 0.4) is 0 Å². The Balaban J connectivity index is 1.48. The van der Waals surface area contributed by atoms with Gasteiger partial charge in [0.05, 0.1) is 18.8 Å². The Hall–Kier alpha value is -3.55. The normalized spacial score (nSPS) is 21.4. The van der Waals surface area contributed by atoms with Crippen molar-refractivity contribution in [2.24, 2.45) is 0 Å². The number of aromatic nitrogens is 1. The van der Waals surface area contributed by atoms with E-state index in [9.17, 15) is 5.11 Å². The summed E-state index contributed by atoms with van der Waals surface area (Å²) < 4.78 is 13.5. The molecule has 0 radical (unpaired) electrons. The number of ether oxygens (including phenoxy) is 2. The van der Waals surface area contributed by atoms with E-state index in [4.69, 9.17) is 15.2 Å². The van der Waals surface area contributed by atoms with E-state index in [1.165, 1.54) is 0 Å². The van der Waals surface area contributed by atoms with Crippen molar-refractivity contribution in [2.75, 3.05) is 25.9 Å². The molecule has 3 N–H and O–H groups in total. The van der Waals surface area contributed by atoms with Crippen molar-refractivity contribution in [1.82, 2.24) is 9.88 Å². The molecule has 1 aromatic heterocycles. The van der Waals surface area contributed by atoms with Gasteiger partial charge in [0, 0.05) is 48.6 Å². The highest BCUT2D eigenvalue weighted by molar-refractivity contribution is 5.41. The summed E-state index contributed by atoms with van der Waals surface area (Å²) >= 11 is 0. The van der Waals surface area contributed by atoms with Gasteiger partial charge in [0.15, 0.2) is 6.29 Å². The van der Waals surface area contributed by atoms with Crippen molar-refractivity contribution in [3.8, 4) is 0 Å². The number of hydrogen-bond acceptors (Lipinski definition) is 6. The summed E-state index contributed by atoms with van der Waals surface area (Å²) in [5.74, 6) is -0.0363. The van der Waals surface area contributed by atoms with Gasteiger partial charge in [0.25, 0.3) is 0 Å². The molecule has 3 aromatic carbocycles. The van der Waals surface area contributed by atoms with Gasteiger partial charge in [-0.25, -0.2) is 0 Å². The highest BCUT2D eigenvalue weighted by atomic mass is 16.7. The second-order valence-corrected chi connectivity index (χ2v) is 9.90. The van der Waals surface area contributed by atoms with Gasteiger partial charge in [-0.15, -0.1) is 0 Å². The molecule has 38 heavy (non-hydrogen) atoms. The number of nitrogens with zero attached hydrogens (tertiary/aromatic N) is 2. The highest BCUT2D eigenvalue weighted by Crippen LogP contribution is 2.47. The maximum absolute atomic E-state index is 9.59. The zero-order valence-electron chi connectivity index (χ0n) is 21.7. The molecule has 5 rings (SSSR count). The van der Waals surface area contributed by atoms with Crippen molar-refractivity contribution in [2.45, 2.75) is 37.4 Å². The topological polar surface area (TPSA) is 80.8 Å². The molecule has 1 unspecified atom stereocenters. The molecular weight excluding hydrogens is 474 g/mol. The first-order chi connectivity index (χ1) is 18.6. The molecule has 0 aliphatic carbocycles. The molecule has 6 heteroatoms. The zero-order chi connectivity index (χ0) is 26.3. The second kappa shape index (κ2) is 12.3. The van der Waals surface area contributed by atoms with E-state index in [0.717, 1.165) is 47.5 Å². The van der Waals surface area contributed by atoms with Crippen molar-refractivity contribution in [1.29, 1.82) is 0 Å². The fourth-order valence-corrected chi connectivity index (χ4v) is 5.12. The number of nitrogen functional groups attached to an aromatic ring is 1.